The SMILES string of the molecule is Fc1ccnc2c(Cl)ncnc12. The maximum Gasteiger partial charge on any atom is 0.158 e. The van der Waals surface area contributed by atoms with Gasteiger partial charge in [-0.15, -0.1) is 0 Å². The van der Waals surface area contributed by atoms with E-state index >= 15 is 0 Å². The Kier molecular flexibility index (Phi) is 1.62. The van der Waals surface area contributed by atoms with Crippen molar-refractivity contribution in [2.75, 3.05) is 0 Å². The Hall–Kier alpha value is -1.29. The van der Waals surface area contributed by atoms with Gasteiger partial charge in [0.25, 0.3) is 0 Å². The van der Waals surface area contributed by atoms with Crippen LogP contribution in [0.5, 0.6) is 0 Å². The van der Waals surface area contributed by atoms with Crippen molar-refractivity contribution in [1.82, 2.24) is 15.0 Å². The van der Waals surface area contributed by atoms with Gasteiger partial charge >= 0.3 is 0 Å². The lowest BCUT2D eigenvalue weighted by Crippen LogP contribution is -1.89. The first-order chi connectivity index (χ1) is 5.79. The molecule has 0 aliphatic carbocycles. The third-order valence-corrected chi connectivity index (χ3v) is 1.70. The van der Waals surface area contributed by atoms with E-state index in [9.17, 15) is 4.39 Å². The van der Waals surface area contributed by atoms with Crippen LogP contribution in [0.15, 0.2) is 18.6 Å². The molecule has 12 heavy (non-hydrogen) atoms. The highest BCUT2D eigenvalue weighted by atomic mass is 35.5. The Morgan fingerprint density at radius 2 is 2.00 bits per heavy atom. The molecule has 0 saturated heterocycles. The van der Waals surface area contributed by atoms with Gasteiger partial charge in [0.15, 0.2) is 11.0 Å². The zero-order chi connectivity index (χ0) is 8.55. The third kappa shape index (κ3) is 1.00. The predicted molar refractivity (Wildman–Crippen MR) is 42.3 cm³/mol. The predicted octanol–water partition coefficient (Wildman–Crippen LogP) is 1.82. The van der Waals surface area contributed by atoms with E-state index in [1.165, 1.54) is 18.6 Å². The number of halogens is 2. The quantitative estimate of drug-likeness (QED) is 0.585. The summed E-state index contributed by atoms with van der Waals surface area (Å²) in [4.78, 5) is 11.2. The highest BCUT2D eigenvalue weighted by Gasteiger charge is 2.05. The van der Waals surface area contributed by atoms with E-state index in [1.807, 2.05) is 0 Å². The van der Waals surface area contributed by atoms with Crippen molar-refractivity contribution in [3.63, 3.8) is 0 Å². The minimum Gasteiger partial charge on any atom is -0.251 e. The van der Waals surface area contributed by atoms with Gasteiger partial charge < -0.3 is 0 Å². The van der Waals surface area contributed by atoms with E-state index in [4.69, 9.17) is 11.6 Å². The van der Waals surface area contributed by atoms with Gasteiger partial charge in [0.05, 0.1) is 0 Å². The van der Waals surface area contributed by atoms with Crippen molar-refractivity contribution in [2.24, 2.45) is 0 Å². The summed E-state index contributed by atoms with van der Waals surface area (Å²) in [5.74, 6) is -0.440. The molecular weight excluding hydrogens is 181 g/mol. The minimum atomic E-state index is -0.440. The Morgan fingerprint density at radius 1 is 1.17 bits per heavy atom. The third-order valence-electron chi connectivity index (χ3n) is 1.43. The van der Waals surface area contributed by atoms with Gasteiger partial charge in [0.1, 0.15) is 17.4 Å². The molecule has 0 spiro atoms. The van der Waals surface area contributed by atoms with Crippen molar-refractivity contribution in [3.8, 4) is 0 Å². The van der Waals surface area contributed by atoms with Crippen LogP contribution in [0.2, 0.25) is 5.15 Å². The summed E-state index contributed by atoms with van der Waals surface area (Å²) in [7, 11) is 0. The number of pyridine rings is 1. The zero-order valence-electron chi connectivity index (χ0n) is 5.83. The van der Waals surface area contributed by atoms with Gasteiger partial charge in [0.2, 0.25) is 0 Å². The highest BCUT2D eigenvalue weighted by molar-refractivity contribution is 6.33. The number of hydrogen-bond acceptors (Lipinski definition) is 3. The van der Waals surface area contributed by atoms with Gasteiger partial charge in [-0.25, -0.2) is 14.4 Å². The second kappa shape index (κ2) is 2.64. The lowest BCUT2D eigenvalue weighted by molar-refractivity contribution is 0.635. The van der Waals surface area contributed by atoms with Crippen molar-refractivity contribution >= 4 is 22.6 Å². The van der Waals surface area contributed by atoms with Crippen LogP contribution in [0.25, 0.3) is 11.0 Å². The van der Waals surface area contributed by atoms with E-state index in [2.05, 4.69) is 15.0 Å². The molecule has 0 bridgehead atoms. The van der Waals surface area contributed by atoms with Crippen LogP contribution < -0.4 is 0 Å². The Morgan fingerprint density at radius 3 is 2.75 bits per heavy atom. The Balaban J connectivity index is 2.94. The minimum absolute atomic E-state index is 0.150. The number of hydrogen-bond donors (Lipinski definition) is 0. The number of nitrogens with zero attached hydrogens (tertiary/aromatic N) is 3. The number of aromatic nitrogens is 3. The fraction of sp³-hybridized carbons (Fsp3) is 0. The Bertz CT molecular complexity index is 391. The summed E-state index contributed by atoms with van der Waals surface area (Å²) < 4.78 is 13.0. The van der Waals surface area contributed by atoms with Crippen molar-refractivity contribution in [3.05, 3.63) is 29.6 Å². The average molecular weight is 184 g/mol. The maximum absolute atomic E-state index is 13.0. The molecule has 0 fully saturated rings. The molecular formula is C7H3ClFN3. The molecule has 5 heteroatoms. The summed E-state index contributed by atoms with van der Waals surface area (Å²) in [5.41, 5.74) is 0.441. The van der Waals surface area contributed by atoms with E-state index in [0.29, 0.717) is 5.52 Å². The van der Waals surface area contributed by atoms with Gasteiger partial charge in [-0.3, -0.25) is 4.98 Å². The van der Waals surface area contributed by atoms with Crippen molar-refractivity contribution < 1.29 is 4.39 Å². The standard InChI is InChI=1S/C7H3ClFN3/c8-7-6-5(11-3-12-7)4(9)1-2-10-6/h1-3H. The average Bonchev–Trinajstić information content (AvgIpc) is 2.07. The lowest BCUT2D eigenvalue weighted by Gasteiger charge is -1.96. The van der Waals surface area contributed by atoms with Gasteiger partial charge in [0, 0.05) is 6.20 Å². The molecule has 2 aromatic rings. The summed E-state index contributed by atoms with van der Waals surface area (Å²) in [6, 6.07) is 1.23. The molecule has 2 aromatic heterocycles. The maximum atomic E-state index is 13.0. The smallest absolute Gasteiger partial charge is 0.158 e. The molecule has 0 aromatic carbocycles. The summed E-state index contributed by atoms with van der Waals surface area (Å²) in [6.07, 6.45) is 2.53. The second-order valence-electron chi connectivity index (χ2n) is 2.15. The highest BCUT2D eigenvalue weighted by Crippen LogP contribution is 2.17. The monoisotopic (exact) mass is 183 g/mol. The van der Waals surface area contributed by atoms with Gasteiger partial charge in [-0.1, -0.05) is 11.6 Å². The van der Waals surface area contributed by atoms with Crippen LogP contribution in [0, 0.1) is 5.82 Å². The molecule has 0 N–H and O–H groups in total. The number of fused-ring (bicyclic) bond motifs is 1. The molecule has 0 amide bonds. The molecule has 2 rings (SSSR count). The van der Waals surface area contributed by atoms with Crippen LogP contribution in [0.1, 0.15) is 0 Å². The van der Waals surface area contributed by atoms with E-state index < -0.39 is 5.82 Å². The molecule has 0 aliphatic rings. The summed E-state index contributed by atoms with van der Waals surface area (Å²) in [5, 5.41) is 0.166. The fourth-order valence-corrected chi connectivity index (χ4v) is 1.08. The van der Waals surface area contributed by atoms with Crippen LogP contribution in [-0.4, -0.2) is 15.0 Å². The molecule has 60 valence electrons. The first-order valence-corrected chi connectivity index (χ1v) is 3.57. The zero-order valence-corrected chi connectivity index (χ0v) is 6.59. The molecule has 0 saturated carbocycles. The number of rotatable bonds is 0. The first kappa shape index (κ1) is 7.36. The molecule has 0 aliphatic heterocycles. The molecule has 0 atom stereocenters. The first-order valence-electron chi connectivity index (χ1n) is 3.20. The largest absolute Gasteiger partial charge is 0.251 e. The lowest BCUT2D eigenvalue weighted by atomic mass is 10.3. The van der Waals surface area contributed by atoms with E-state index in [-0.39, 0.29) is 10.7 Å². The normalized spacial score (nSPS) is 10.5. The van der Waals surface area contributed by atoms with Crippen LogP contribution in [0.4, 0.5) is 4.39 Å². The molecule has 3 nitrogen and oxygen atoms in total. The molecule has 2 heterocycles. The molecule has 0 unspecified atom stereocenters. The van der Waals surface area contributed by atoms with Crippen LogP contribution in [0.3, 0.4) is 0 Å². The summed E-state index contributed by atoms with van der Waals surface area (Å²) in [6.45, 7) is 0. The van der Waals surface area contributed by atoms with Crippen LogP contribution >= 0.6 is 11.6 Å². The summed E-state index contributed by atoms with van der Waals surface area (Å²) >= 11 is 5.65. The van der Waals surface area contributed by atoms with Crippen LogP contribution in [-0.2, 0) is 0 Å². The molecule has 0 radical (unpaired) electrons. The fourth-order valence-electron chi connectivity index (χ4n) is 0.903. The van der Waals surface area contributed by atoms with Gasteiger partial charge in [-0.05, 0) is 6.07 Å². The van der Waals surface area contributed by atoms with Gasteiger partial charge in [-0.2, -0.15) is 0 Å². The van der Waals surface area contributed by atoms with Crippen molar-refractivity contribution in [1.29, 1.82) is 0 Å². The second-order valence-corrected chi connectivity index (χ2v) is 2.51. The topological polar surface area (TPSA) is 38.7 Å². The Labute approximate surface area is 72.2 Å². The van der Waals surface area contributed by atoms with E-state index in [0.717, 1.165) is 0 Å². The van der Waals surface area contributed by atoms with Crippen molar-refractivity contribution in [2.45, 2.75) is 0 Å². The van der Waals surface area contributed by atoms with E-state index in [1.54, 1.807) is 0 Å².